The van der Waals surface area contributed by atoms with Crippen molar-refractivity contribution in [3.8, 4) is 0 Å². The first-order chi connectivity index (χ1) is 7.61. The molecule has 0 saturated heterocycles. The Morgan fingerprint density at radius 1 is 1.38 bits per heavy atom. The molecular formula is C12H14ClNO2. The lowest BCUT2D eigenvalue weighted by Crippen LogP contribution is -1.94. The van der Waals surface area contributed by atoms with E-state index in [4.69, 9.17) is 16.7 Å². The minimum Gasteiger partial charge on any atom is -0.478 e. The number of carboxylic acids is 1. The van der Waals surface area contributed by atoms with Gasteiger partial charge in [0.2, 0.25) is 0 Å². The minimum atomic E-state index is -0.969. The van der Waals surface area contributed by atoms with Crippen LogP contribution in [0.25, 0.3) is 10.9 Å². The zero-order chi connectivity index (χ0) is 12.3. The van der Waals surface area contributed by atoms with Crippen LogP contribution >= 0.6 is 11.6 Å². The summed E-state index contributed by atoms with van der Waals surface area (Å²) in [5.41, 5.74) is 1.84. The van der Waals surface area contributed by atoms with Gasteiger partial charge in [-0.25, -0.2) is 4.79 Å². The minimum absolute atomic E-state index is 0.216. The van der Waals surface area contributed by atoms with Gasteiger partial charge in [0.15, 0.2) is 0 Å². The lowest BCUT2D eigenvalue weighted by Gasteiger charge is -1.99. The quantitative estimate of drug-likeness (QED) is 0.794. The number of benzene rings is 1. The summed E-state index contributed by atoms with van der Waals surface area (Å²) in [6.45, 7) is 5.85. The van der Waals surface area contributed by atoms with Crippen LogP contribution in [0.1, 0.15) is 29.8 Å². The Morgan fingerprint density at radius 3 is 2.56 bits per heavy atom. The van der Waals surface area contributed by atoms with Crippen molar-refractivity contribution in [2.75, 3.05) is 0 Å². The zero-order valence-electron chi connectivity index (χ0n) is 9.47. The van der Waals surface area contributed by atoms with Crippen molar-refractivity contribution in [2.24, 2.45) is 0 Å². The number of aromatic carboxylic acids is 1. The highest BCUT2D eigenvalue weighted by Crippen LogP contribution is 2.29. The van der Waals surface area contributed by atoms with Crippen LogP contribution in [0.2, 0.25) is 5.02 Å². The van der Waals surface area contributed by atoms with E-state index < -0.39 is 5.97 Å². The number of carbonyl (C=O) groups is 1. The molecule has 0 aliphatic rings. The lowest BCUT2D eigenvalue weighted by molar-refractivity contribution is 0.0699. The van der Waals surface area contributed by atoms with E-state index >= 15 is 0 Å². The van der Waals surface area contributed by atoms with Crippen LogP contribution in [-0.4, -0.2) is 16.1 Å². The predicted octanol–water partition coefficient (Wildman–Crippen LogP) is 3.85. The summed E-state index contributed by atoms with van der Waals surface area (Å²) in [7, 11) is 0. The average molecular weight is 240 g/mol. The van der Waals surface area contributed by atoms with Crippen LogP contribution in [0.15, 0.2) is 18.3 Å². The number of hydrogen-bond acceptors (Lipinski definition) is 1. The number of rotatable bonds is 1. The number of halogens is 1. The summed E-state index contributed by atoms with van der Waals surface area (Å²) in [6, 6.07) is 3.68. The molecule has 16 heavy (non-hydrogen) atoms. The number of aryl methyl sites for hydroxylation is 1. The first kappa shape index (κ1) is 12.6. The fraction of sp³-hybridized carbons (Fsp3) is 0.250. The van der Waals surface area contributed by atoms with E-state index in [1.54, 1.807) is 0 Å². The molecule has 0 amide bonds. The van der Waals surface area contributed by atoms with Crippen LogP contribution in [-0.2, 0) is 0 Å². The molecule has 0 bridgehead atoms. The van der Waals surface area contributed by atoms with Crippen LogP contribution in [0.3, 0.4) is 0 Å². The van der Waals surface area contributed by atoms with Gasteiger partial charge in [0.25, 0.3) is 0 Å². The highest BCUT2D eigenvalue weighted by molar-refractivity contribution is 6.37. The van der Waals surface area contributed by atoms with E-state index in [9.17, 15) is 4.79 Å². The molecule has 1 aromatic carbocycles. The second-order valence-corrected chi connectivity index (χ2v) is 3.50. The van der Waals surface area contributed by atoms with E-state index in [2.05, 4.69) is 4.98 Å². The second-order valence-electron chi connectivity index (χ2n) is 3.13. The Labute approximate surface area is 99.0 Å². The van der Waals surface area contributed by atoms with E-state index in [0.29, 0.717) is 10.4 Å². The van der Waals surface area contributed by atoms with Gasteiger partial charge in [-0.2, -0.15) is 0 Å². The third-order valence-corrected chi connectivity index (χ3v) is 2.69. The number of hydrogen-bond donors (Lipinski definition) is 2. The molecule has 0 aliphatic carbocycles. The second kappa shape index (κ2) is 5.03. The predicted molar refractivity (Wildman–Crippen MR) is 66.4 cm³/mol. The zero-order valence-corrected chi connectivity index (χ0v) is 10.2. The molecule has 0 aliphatic heterocycles. The molecule has 86 valence electrons. The number of aromatic amines is 1. The van der Waals surface area contributed by atoms with Crippen molar-refractivity contribution in [3.05, 3.63) is 34.5 Å². The van der Waals surface area contributed by atoms with Crippen molar-refractivity contribution in [1.82, 2.24) is 4.98 Å². The summed E-state index contributed by atoms with van der Waals surface area (Å²) in [6.07, 6.45) is 1.46. The normalized spacial score (nSPS) is 9.75. The summed E-state index contributed by atoms with van der Waals surface area (Å²) in [5.74, 6) is -0.969. The molecule has 2 N–H and O–H groups in total. The van der Waals surface area contributed by atoms with Gasteiger partial charge < -0.3 is 10.1 Å². The largest absolute Gasteiger partial charge is 0.478 e. The van der Waals surface area contributed by atoms with E-state index in [0.717, 1.165) is 11.1 Å². The van der Waals surface area contributed by atoms with Crippen LogP contribution in [0, 0.1) is 6.92 Å². The Hall–Kier alpha value is -1.48. The maximum Gasteiger partial charge on any atom is 0.337 e. The van der Waals surface area contributed by atoms with Gasteiger partial charge in [-0.3, -0.25) is 0 Å². The third-order valence-electron chi connectivity index (χ3n) is 2.21. The Bertz CT molecular complexity index is 517. The molecule has 2 rings (SSSR count). The summed E-state index contributed by atoms with van der Waals surface area (Å²) >= 11 is 6.03. The van der Waals surface area contributed by atoms with E-state index in [1.165, 1.54) is 6.20 Å². The molecule has 0 atom stereocenters. The van der Waals surface area contributed by atoms with Gasteiger partial charge in [-0.1, -0.05) is 31.5 Å². The molecule has 0 radical (unpaired) electrons. The third kappa shape index (κ3) is 2.04. The standard InChI is InChI=1S/C10H8ClNO2.C2H6/c1-5-2-3-7-8(9(5)11)6(4-12-7)10(13)14;1-2/h2-4,12H,1H3,(H,13,14);1-2H3. The van der Waals surface area contributed by atoms with E-state index in [1.807, 2.05) is 32.9 Å². The van der Waals surface area contributed by atoms with Crippen molar-refractivity contribution in [3.63, 3.8) is 0 Å². The van der Waals surface area contributed by atoms with Gasteiger partial charge in [-0.05, 0) is 18.6 Å². The molecule has 0 spiro atoms. The number of fused-ring (bicyclic) bond motifs is 1. The molecule has 0 unspecified atom stereocenters. The Kier molecular flexibility index (Phi) is 3.96. The topological polar surface area (TPSA) is 53.1 Å². The van der Waals surface area contributed by atoms with Crippen molar-refractivity contribution in [2.45, 2.75) is 20.8 Å². The first-order valence-electron chi connectivity index (χ1n) is 5.10. The molecule has 1 aromatic heterocycles. The highest BCUT2D eigenvalue weighted by atomic mass is 35.5. The lowest BCUT2D eigenvalue weighted by atomic mass is 10.1. The molecule has 0 fully saturated rings. The molecule has 4 heteroatoms. The fourth-order valence-electron chi connectivity index (χ4n) is 1.45. The highest BCUT2D eigenvalue weighted by Gasteiger charge is 2.14. The Balaban J connectivity index is 0.000000606. The van der Waals surface area contributed by atoms with Crippen molar-refractivity contribution < 1.29 is 9.90 Å². The first-order valence-corrected chi connectivity index (χ1v) is 5.48. The molecule has 2 aromatic rings. The fourth-order valence-corrected chi connectivity index (χ4v) is 1.72. The Morgan fingerprint density at radius 2 is 2.00 bits per heavy atom. The number of aromatic nitrogens is 1. The SMILES string of the molecule is CC.Cc1ccc2[nH]cc(C(=O)O)c2c1Cl. The maximum absolute atomic E-state index is 10.9. The molecule has 0 saturated carbocycles. The van der Waals surface area contributed by atoms with Gasteiger partial charge >= 0.3 is 5.97 Å². The molecular weight excluding hydrogens is 226 g/mol. The van der Waals surface area contributed by atoms with Gasteiger partial charge in [0, 0.05) is 17.1 Å². The summed E-state index contributed by atoms with van der Waals surface area (Å²) in [5, 5.41) is 9.99. The van der Waals surface area contributed by atoms with Crippen LogP contribution in [0.5, 0.6) is 0 Å². The smallest absolute Gasteiger partial charge is 0.337 e. The maximum atomic E-state index is 10.9. The number of carboxylic acid groups (broad SMARTS) is 1. The monoisotopic (exact) mass is 239 g/mol. The van der Waals surface area contributed by atoms with E-state index in [-0.39, 0.29) is 5.56 Å². The molecule has 1 heterocycles. The van der Waals surface area contributed by atoms with Gasteiger partial charge in [0.05, 0.1) is 10.6 Å². The van der Waals surface area contributed by atoms with Crippen molar-refractivity contribution >= 4 is 28.5 Å². The number of H-pyrrole nitrogens is 1. The average Bonchev–Trinajstić information content (AvgIpc) is 2.71. The van der Waals surface area contributed by atoms with Gasteiger partial charge in [0.1, 0.15) is 0 Å². The number of nitrogens with one attached hydrogen (secondary N) is 1. The van der Waals surface area contributed by atoms with Crippen LogP contribution < -0.4 is 0 Å². The van der Waals surface area contributed by atoms with Crippen LogP contribution in [0.4, 0.5) is 0 Å². The summed E-state index contributed by atoms with van der Waals surface area (Å²) in [4.78, 5) is 13.7. The summed E-state index contributed by atoms with van der Waals surface area (Å²) < 4.78 is 0. The van der Waals surface area contributed by atoms with Crippen molar-refractivity contribution in [1.29, 1.82) is 0 Å². The van der Waals surface area contributed by atoms with Gasteiger partial charge in [-0.15, -0.1) is 0 Å². The molecule has 3 nitrogen and oxygen atoms in total.